The third-order valence-electron chi connectivity index (χ3n) is 2.77. The summed E-state index contributed by atoms with van der Waals surface area (Å²) in [6, 6.07) is 2.15. The van der Waals surface area contributed by atoms with Gasteiger partial charge < -0.3 is 10.2 Å². The van der Waals surface area contributed by atoms with Crippen molar-refractivity contribution in [2.45, 2.75) is 13.3 Å². The predicted molar refractivity (Wildman–Crippen MR) is 81.6 cm³/mol. The van der Waals surface area contributed by atoms with Gasteiger partial charge in [0.1, 0.15) is 10.6 Å². The second-order valence-electron chi connectivity index (χ2n) is 4.56. The third-order valence-corrected chi connectivity index (χ3v) is 3.95. The minimum atomic E-state index is 0.448. The molecular weight excluding hydrogens is 260 g/mol. The van der Waals surface area contributed by atoms with Gasteiger partial charge in [0.05, 0.1) is 5.39 Å². The molecule has 0 aliphatic heterocycles. The van der Waals surface area contributed by atoms with E-state index in [1.165, 1.54) is 4.88 Å². The molecule has 2 heterocycles. The van der Waals surface area contributed by atoms with Gasteiger partial charge in [0.15, 0.2) is 0 Å². The summed E-state index contributed by atoms with van der Waals surface area (Å²) in [5.74, 6) is 6.71. The first kappa shape index (κ1) is 14.0. The highest BCUT2D eigenvalue weighted by molar-refractivity contribution is 7.18. The molecule has 0 atom stereocenters. The number of aromatic nitrogens is 2. The molecule has 0 saturated carbocycles. The number of hydrogen-bond acceptors (Lipinski definition) is 7. The first-order chi connectivity index (χ1) is 9.13. The molecule has 0 radical (unpaired) electrons. The number of fused-ring (bicyclic) bond motifs is 1. The minimum absolute atomic E-state index is 0.448. The summed E-state index contributed by atoms with van der Waals surface area (Å²) in [4.78, 5) is 13.2. The molecule has 0 amide bonds. The van der Waals surface area contributed by atoms with Crippen molar-refractivity contribution in [3.05, 3.63) is 10.9 Å². The van der Waals surface area contributed by atoms with Gasteiger partial charge in [-0.05, 0) is 26.6 Å². The van der Waals surface area contributed by atoms with Gasteiger partial charge in [0.25, 0.3) is 0 Å². The van der Waals surface area contributed by atoms with E-state index in [-0.39, 0.29) is 0 Å². The molecule has 0 aliphatic carbocycles. The molecule has 0 saturated heterocycles. The molecule has 0 aliphatic rings. The van der Waals surface area contributed by atoms with E-state index in [1.807, 2.05) is 14.1 Å². The van der Waals surface area contributed by atoms with Crippen LogP contribution in [0.1, 0.15) is 11.8 Å². The van der Waals surface area contributed by atoms with Gasteiger partial charge in [-0.1, -0.05) is 6.92 Å². The number of hydrazine groups is 1. The fourth-order valence-corrected chi connectivity index (χ4v) is 2.71. The lowest BCUT2D eigenvalue weighted by Gasteiger charge is -2.12. The molecular formula is C12H20N6S. The van der Waals surface area contributed by atoms with Crippen molar-refractivity contribution in [2.24, 2.45) is 5.84 Å². The Labute approximate surface area is 117 Å². The number of nitrogens with zero attached hydrogens (tertiary/aromatic N) is 3. The van der Waals surface area contributed by atoms with Gasteiger partial charge in [-0.2, -0.15) is 4.98 Å². The Morgan fingerprint density at radius 1 is 1.37 bits per heavy atom. The van der Waals surface area contributed by atoms with Crippen LogP contribution in [0.2, 0.25) is 0 Å². The van der Waals surface area contributed by atoms with Crippen LogP contribution in [-0.2, 0) is 6.42 Å². The molecule has 2 rings (SSSR count). The molecule has 4 N–H and O–H groups in total. The van der Waals surface area contributed by atoms with Gasteiger partial charge in [0.2, 0.25) is 5.95 Å². The molecule has 2 aromatic heterocycles. The third kappa shape index (κ3) is 3.31. The lowest BCUT2D eigenvalue weighted by atomic mass is 10.3. The number of aryl methyl sites for hydroxylation is 1. The number of nitrogen functional groups attached to an aromatic ring is 1. The molecule has 0 unspecified atom stereocenters. The van der Waals surface area contributed by atoms with Crippen LogP contribution in [0.5, 0.6) is 0 Å². The summed E-state index contributed by atoms with van der Waals surface area (Å²) in [5, 5.41) is 4.42. The van der Waals surface area contributed by atoms with Crippen molar-refractivity contribution in [1.29, 1.82) is 0 Å². The molecule has 0 spiro atoms. The summed E-state index contributed by atoms with van der Waals surface area (Å²) in [5.41, 5.74) is 2.52. The average molecular weight is 280 g/mol. The van der Waals surface area contributed by atoms with Crippen molar-refractivity contribution in [3.63, 3.8) is 0 Å². The number of likely N-dealkylation sites (N-methyl/N-ethyl adjacent to an activating group) is 1. The molecule has 104 valence electrons. The normalized spacial score (nSPS) is 11.2. The predicted octanol–water partition coefficient (Wildman–Crippen LogP) is 1.51. The van der Waals surface area contributed by atoms with Crippen LogP contribution in [0.3, 0.4) is 0 Å². The zero-order valence-corrected chi connectivity index (χ0v) is 12.3. The highest BCUT2D eigenvalue weighted by atomic mass is 32.1. The molecule has 0 bridgehead atoms. The fraction of sp³-hybridized carbons (Fsp3) is 0.500. The fourth-order valence-electron chi connectivity index (χ4n) is 1.74. The highest BCUT2D eigenvalue weighted by Crippen LogP contribution is 2.30. The molecule has 0 fully saturated rings. The number of thiophene rings is 1. The van der Waals surface area contributed by atoms with E-state index in [4.69, 9.17) is 5.84 Å². The highest BCUT2D eigenvalue weighted by Gasteiger charge is 2.10. The Bertz CT molecular complexity index is 550. The number of nitrogens with two attached hydrogens (primary N) is 1. The van der Waals surface area contributed by atoms with Gasteiger partial charge in [-0.3, -0.25) is 5.43 Å². The standard InChI is InChI=1S/C12H20N6S/c1-4-8-7-9-10(14-5-6-18(2)3)15-12(17-13)16-11(9)19-8/h7H,4-6,13H2,1-3H3,(H2,14,15,16,17). The molecule has 2 aromatic rings. The van der Waals surface area contributed by atoms with Gasteiger partial charge in [0, 0.05) is 18.0 Å². The Kier molecular flexibility index (Phi) is 4.52. The van der Waals surface area contributed by atoms with E-state index in [1.54, 1.807) is 11.3 Å². The van der Waals surface area contributed by atoms with Crippen molar-refractivity contribution < 1.29 is 0 Å². The van der Waals surface area contributed by atoms with E-state index in [2.05, 4.69) is 38.6 Å². The van der Waals surface area contributed by atoms with Gasteiger partial charge in [-0.25, -0.2) is 10.8 Å². The first-order valence-electron chi connectivity index (χ1n) is 6.29. The quantitative estimate of drug-likeness (QED) is 0.550. The van der Waals surface area contributed by atoms with Gasteiger partial charge in [-0.15, -0.1) is 11.3 Å². The van der Waals surface area contributed by atoms with Crippen molar-refractivity contribution in [1.82, 2.24) is 14.9 Å². The maximum Gasteiger partial charge on any atom is 0.240 e. The average Bonchev–Trinajstić information content (AvgIpc) is 2.81. The summed E-state index contributed by atoms with van der Waals surface area (Å²) < 4.78 is 0. The zero-order valence-electron chi connectivity index (χ0n) is 11.5. The maximum absolute atomic E-state index is 5.42. The lowest BCUT2D eigenvalue weighted by Crippen LogP contribution is -2.21. The number of nitrogens with one attached hydrogen (secondary N) is 2. The molecule has 19 heavy (non-hydrogen) atoms. The summed E-state index contributed by atoms with van der Waals surface area (Å²) >= 11 is 1.68. The molecule has 0 aromatic carbocycles. The second-order valence-corrected chi connectivity index (χ2v) is 5.67. The summed E-state index contributed by atoms with van der Waals surface area (Å²) in [7, 11) is 4.09. The first-order valence-corrected chi connectivity index (χ1v) is 7.11. The van der Waals surface area contributed by atoms with Crippen molar-refractivity contribution in [2.75, 3.05) is 37.9 Å². The maximum atomic E-state index is 5.42. The SMILES string of the molecule is CCc1cc2c(NCCN(C)C)nc(NN)nc2s1. The van der Waals surface area contributed by atoms with Crippen molar-refractivity contribution >= 4 is 33.3 Å². The van der Waals surface area contributed by atoms with E-state index in [0.717, 1.165) is 35.5 Å². The van der Waals surface area contributed by atoms with Crippen LogP contribution in [0, 0.1) is 0 Å². The van der Waals surface area contributed by atoms with E-state index in [0.29, 0.717) is 5.95 Å². The van der Waals surface area contributed by atoms with Crippen LogP contribution in [0.25, 0.3) is 10.2 Å². The van der Waals surface area contributed by atoms with E-state index in [9.17, 15) is 0 Å². The Morgan fingerprint density at radius 3 is 2.79 bits per heavy atom. The molecule has 6 nitrogen and oxygen atoms in total. The Morgan fingerprint density at radius 2 is 2.16 bits per heavy atom. The zero-order chi connectivity index (χ0) is 13.8. The largest absolute Gasteiger partial charge is 0.368 e. The van der Waals surface area contributed by atoms with Crippen molar-refractivity contribution in [3.8, 4) is 0 Å². The number of hydrogen-bond donors (Lipinski definition) is 3. The minimum Gasteiger partial charge on any atom is -0.368 e. The van der Waals surface area contributed by atoms with E-state index >= 15 is 0 Å². The van der Waals surface area contributed by atoms with Crippen LogP contribution < -0.4 is 16.6 Å². The van der Waals surface area contributed by atoms with Crippen LogP contribution >= 0.6 is 11.3 Å². The van der Waals surface area contributed by atoms with E-state index < -0.39 is 0 Å². The summed E-state index contributed by atoms with van der Waals surface area (Å²) in [6.07, 6.45) is 1.00. The second kappa shape index (κ2) is 6.14. The van der Waals surface area contributed by atoms with Crippen LogP contribution in [0.15, 0.2) is 6.07 Å². The van der Waals surface area contributed by atoms with Gasteiger partial charge >= 0.3 is 0 Å². The number of anilines is 2. The smallest absolute Gasteiger partial charge is 0.240 e. The Balaban J connectivity index is 2.30. The van der Waals surface area contributed by atoms with Crippen LogP contribution in [0.4, 0.5) is 11.8 Å². The lowest BCUT2D eigenvalue weighted by molar-refractivity contribution is 0.425. The van der Waals surface area contributed by atoms with Crippen LogP contribution in [-0.4, -0.2) is 42.1 Å². The Hall–Kier alpha value is -1.44. The topological polar surface area (TPSA) is 79.1 Å². The summed E-state index contributed by atoms with van der Waals surface area (Å²) in [6.45, 7) is 3.92. The number of rotatable bonds is 6. The molecule has 7 heteroatoms. The monoisotopic (exact) mass is 280 g/mol.